The average molecular weight is 368 g/mol. The molecule has 0 saturated carbocycles. The second-order valence-electron chi connectivity index (χ2n) is 7.14. The normalized spacial score (nSPS) is 18.8. The van der Waals surface area contributed by atoms with E-state index in [1.807, 2.05) is 0 Å². The monoisotopic (exact) mass is 368 g/mol. The number of aliphatic hydroxyl groups is 1. The van der Waals surface area contributed by atoms with Crippen molar-refractivity contribution in [3.05, 3.63) is 35.4 Å². The van der Waals surface area contributed by atoms with Crippen LogP contribution in [0.15, 0.2) is 24.3 Å². The molecule has 1 aromatic rings. The van der Waals surface area contributed by atoms with E-state index in [9.17, 15) is 18.3 Å². The number of benzene rings is 1. The van der Waals surface area contributed by atoms with Crippen molar-refractivity contribution in [1.29, 1.82) is 0 Å². The highest BCUT2D eigenvalue weighted by Crippen LogP contribution is 2.22. The Morgan fingerprint density at radius 1 is 1.28 bits per heavy atom. The van der Waals surface area contributed by atoms with Gasteiger partial charge in [0.2, 0.25) is 5.91 Å². The van der Waals surface area contributed by atoms with Gasteiger partial charge in [0.1, 0.15) is 15.9 Å². The van der Waals surface area contributed by atoms with Crippen LogP contribution in [0, 0.1) is 12.8 Å². The zero-order chi connectivity index (χ0) is 18.6. The molecule has 0 spiro atoms. The summed E-state index contributed by atoms with van der Waals surface area (Å²) in [6.07, 6.45) is 2.41. The van der Waals surface area contributed by atoms with E-state index in [0.717, 1.165) is 25.5 Å². The third-order valence-electron chi connectivity index (χ3n) is 4.74. The quantitative estimate of drug-likeness (QED) is 0.762. The number of likely N-dealkylation sites (tertiary alicyclic amines) is 1. The molecule has 7 heteroatoms. The van der Waals surface area contributed by atoms with Gasteiger partial charge in [-0.1, -0.05) is 29.8 Å². The summed E-state index contributed by atoms with van der Waals surface area (Å²) in [5.41, 5.74) is 8.31. The molecule has 25 heavy (non-hydrogen) atoms. The number of hydrogen-bond donors (Lipinski definition) is 2. The van der Waals surface area contributed by atoms with Crippen molar-refractivity contribution in [3.8, 4) is 0 Å². The van der Waals surface area contributed by atoms with Crippen LogP contribution < -0.4 is 5.73 Å². The van der Waals surface area contributed by atoms with Crippen LogP contribution in [0.5, 0.6) is 0 Å². The molecular weight excluding hydrogens is 340 g/mol. The van der Waals surface area contributed by atoms with E-state index in [1.165, 1.54) is 11.1 Å². The Kier molecular flexibility index (Phi) is 6.59. The molecule has 0 bridgehead atoms. The lowest BCUT2D eigenvalue weighted by Gasteiger charge is -2.34. The first-order valence-electron chi connectivity index (χ1n) is 8.61. The molecule has 6 nitrogen and oxygen atoms in total. The first kappa shape index (κ1) is 19.9. The Balaban J connectivity index is 1.84. The van der Waals surface area contributed by atoms with Crippen molar-refractivity contribution < 1.29 is 18.3 Å². The fourth-order valence-corrected chi connectivity index (χ4v) is 4.03. The van der Waals surface area contributed by atoms with Gasteiger partial charge in [-0.25, -0.2) is 8.42 Å². The third kappa shape index (κ3) is 6.09. The molecule has 1 aromatic carbocycles. The van der Waals surface area contributed by atoms with E-state index in [0.29, 0.717) is 19.0 Å². The number of hydrogen-bond acceptors (Lipinski definition) is 5. The van der Waals surface area contributed by atoms with E-state index < -0.39 is 27.7 Å². The molecule has 1 fully saturated rings. The van der Waals surface area contributed by atoms with Gasteiger partial charge < -0.3 is 15.7 Å². The Bertz CT molecular complexity index is 680. The smallest absolute Gasteiger partial charge is 0.242 e. The Morgan fingerprint density at radius 2 is 1.84 bits per heavy atom. The number of aryl methyl sites for hydroxylation is 1. The molecule has 1 amide bonds. The highest BCUT2D eigenvalue weighted by Gasteiger charge is 2.31. The molecule has 1 saturated heterocycles. The highest BCUT2D eigenvalue weighted by molar-refractivity contribution is 7.90. The number of carbonyl (C=O) groups is 1. The molecule has 2 rings (SSSR count). The summed E-state index contributed by atoms with van der Waals surface area (Å²) in [6.45, 7) is 3.25. The van der Waals surface area contributed by atoms with Crippen LogP contribution in [0.2, 0.25) is 0 Å². The predicted molar refractivity (Wildman–Crippen MR) is 97.9 cm³/mol. The second kappa shape index (κ2) is 8.29. The van der Waals surface area contributed by atoms with Gasteiger partial charge in [0, 0.05) is 19.3 Å². The number of nitrogens with two attached hydrogens (primary N) is 1. The van der Waals surface area contributed by atoms with Crippen molar-refractivity contribution in [1.82, 2.24) is 4.90 Å². The van der Waals surface area contributed by atoms with Gasteiger partial charge in [0.25, 0.3) is 0 Å². The fourth-order valence-electron chi connectivity index (χ4n) is 3.20. The van der Waals surface area contributed by atoms with Crippen LogP contribution in [0.3, 0.4) is 0 Å². The van der Waals surface area contributed by atoms with Crippen molar-refractivity contribution in [3.63, 3.8) is 0 Å². The minimum atomic E-state index is -3.38. The maximum atomic E-state index is 12.4. The van der Waals surface area contributed by atoms with Gasteiger partial charge in [-0.2, -0.15) is 0 Å². The molecule has 0 radical (unpaired) electrons. The molecule has 1 aliphatic heterocycles. The van der Waals surface area contributed by atoms with Gasteiger partial charge in [0.15, 0.2) is 0 Å². The molecule has 2 unspecified atom stereocenters. The molecule has 0 aromatic heterocycles. The maximum absolute atomic E-state index is 12.4. The van der Waals surface area contributed by atoms with Crippen molar-refractivity contribution in [2.45, 2.75) is 38.3 Å². The van der Waals surface area contributed by atoms with E-state index in [4.69, 9.17) is 5.73 Å². The fraction of sp³-hybridized carbons (Fsp3) is 0.611. The number of nitrogens with zero attached hydrogens (tertiary/aromatic N) is 1. The lowest BCUT2D eigenvalue weighted by molar-refractivity contribution is -0.136. The summed E-state index contributed by atoms with van der Waals surface area (Å²) in [5.74, 6) is -0.349. The van der Waals surface area contributed by atoms with Crippen LogP contribution in [-0.2, 0) is 21.1 Å². The molecule has 1 aliphatic rings. The molecule has 2 atom stereocenters. The molecule has 3 N–H and O–H groups in total. The lowest BCUT2D eigenvalue weighted by Crippen LogP contribution is -2.53. The summed E-state index contributed by atoms with van der Waals surface area (Å²) in [6, 6.07) is 7.31. The number of carbonyl (C=O) groups excluding carboxylic acids is 1. The predicted octanol–water partition coefficient (Wildman–Crippen LogP) is 0.509. The number of sulfone groups is 1. The first-order valence-corrected chi connectivity index (χ1v) is 10.7. The Hall–Kier alpha value is -1.44. The summed E-state index contributed by atoms with van der Waals surface area (Å²) in [4.78, 5) is 14.0. The summed E-state index contributed by atoms with van der Waals surface area (Å²) in [5, 5.41) is 9.87. The minimum absolute atomic E-state index is 0.370. The van der Waals surface area contributed by atoms with Crippen LogP contribution in [0.4, 0.5) is 0 Å². The zero-order valence-electron chi connectivity index (χ0n) is 14.9. The molecular formula is C18H28N2O4S. The first-order chi connectivity index (χ1) is 11.7. The second-order valence-corrected chi connectivity index (χ2v) is 9.33. The van der Waals surface area contributed by atoms with E-state index >= 15 is 0 Å². The minimum Gasteiger partial charge on any atom is -0.390 e. The number of amides is 1. The van der Waals surface area contributed by atoms with Crippen molar-refractivity contribution in [2.24, 2.45) is 11.7 Å². The third-order valence-corrected chi connectivity index (χ3v) is 5.69. The van der Waals surface area contributed by atoms with Crippen LogP contribution in [0.1, 0.15) is 24.0 Å². The number of rotatable bonds is 6. The van der Waals surface area contributed by atoms with E-state index in [-0.39, 0.29) is 5.91 Å². The molecule has 140 valence electrons. The van der Waals surface area contributed by atoms with Crippen molar-refractivity contribution >= 4 is 15.7 Å². The topological polar surface area (TPSA) is 101 Å². The lowest BCUT2D eigenvalue weighted by atomic mass is 9.89. The summed E-state index contributed by atoms with van der Waals surface area (Å²) < 4.78 is 22.5. The number of aliphatic hydroxyl groups excluding tert-OH is 1. The number of piperidine rings is 1. The SMILES string of the molecule is Cc1ccc(CC2CCN(C(=O)C(N)C(O)CS(C)(=O)=O)CC2)cc1. The molecule has 1 heterocycles. The summed E-state index contributed by atoms with van der Waals surface area (Å²) >= 11 is 0. The summed E-state index contributed by atoms with van der Waals surface area (Å²) in [7, 11) is -3.38. The largest absolute Gasteiger partial charge is 0.390 e. The van der Waals surface area contributed by atoms with Crippen LogP contribution in [-0.4, -0.2) is 61.6 Å². The van der Waals surface area contributed by atoms with Crippen LogP contribution >= 0.6 is 0 Å². The van der Waals surface area contributed by atoms with Gasteiger partial charge in [-0.15, -0.1) is 0 Å². The van der Waals surface area contributed by atoms with Gasteiger partial charge in [-0.3, -0.25) is 4.79 Å². The van der Waals surface area contributed by atoms with Gasteiger partial charge in [-0.05, 0) is 37.7 Å². The molecule has 0 aliphatic carbocycles. The highest BCUT2D eigenvalue weighted by atomic mass is 32.2. The van der Waals surface area contributed by atoms with E-state index in [2.05, 4.69) is 31.2 Å². The Labute approximate surface area is 149 Å². The van der Waals surface area contributed by atoms with Gasteiger partial charge in [0.05, 0.1) is 11.9 Å². The van der Waals surface area contributed by atoms with E-state index in [1.54, 1.807) is 4.90 Å². The average Bonchev–Trinajstić information content (AvgIpc) is 2.55. The Morgan fingerprint density at radius 3 is 2.36 bits per heavy atom. The standard InChI is InChI=1S/C18H28N2O4S/c1-13-3-5-14(6-4-13)11-15-7-9-20(10-8-15)18(22)17(19)16(21)12-25(2,23)24/h3-6,15-17,21H,7-12,19H2,1-2H3. The zero-order valence-corrected chi connectivity index (χ0v) is 15.7. The van der Waals surface area contributed by atoms with Crippen LogP contribution in [0.25, 0.3) is 0 Å². The van der Waals surface area contributed by atoms with Crippen molar-refractivity contribution in [2.75, 3.05) is 25.1 Å². The van der Waals surface area contributed by atoms with Gasteiger partial charge >= 0.3 is 0 Å². The maximum Gasteiger partial charge on any atom is 0.242 e.